The summed E-state index contributed by atoms with van der Waals surface area (Å²) in [6, 6.07) is 9.30. The maximum atomic E-state index is 13.8. The molecular weight excluding hydrogens is 554 g/mol. The summed E-state index contributed by atoms with van der Waals surface area (Å²) < 4.78 is 34.5. The molecule has 1 aromatic carbocycles. The van der Waals surface area contributed by atoms with E-state index in [1.807, 2.05) is 36.2 Å². The van der Waals surface area contributed by atoms with Crippen molar-refractivity contribution in [2.24, 2.45) is 11.3 Å². The lowest BCUT2D eigenvalue weighted by Gasteiger charge is -2.43. The fourth-order valence-corrected chi connectivity index (χ4v) is 8.11. The van der Waals surface area contributed by atoms with E-state index in [0.717, 1.165) is 74.5 Å². The zero-order chi connectivity index (χ0) is 29.1. The van der Waals surface area contributed by atoms with Gasteiger partial charge in [0.05, 0.1) is 27.6 Å². The van der Waals surface area contributed by atoms with Gasteiger partial charge in [0, 0.05) is 51.5 Å². The second-order valence-electron chi connectivity index (χ2n) is 12.6. The highest BCUT2D eigenvalue weighted by Gasteiger charge is 2.41. The molecule has 12 heteroatoms. The molecule has 1 saturated carbocycles. The number of piperidine rings is 2. The van der Waals surface area contributed by atoms with Crippen LogP contribution in [0.2, 0.25) is 0 Å². The Hall–Kier alpha value is -3.67. The largest absolute Gasteiger partial charge is 0.416 e. The van der Waals surface area contributed by atoms with Crippen LogP contribution in [0.1, 0.15) is 45.4 Å². The Labute approximate surface area is 246 Å². The molecule has 11 nitrogen and oxygen atoms in total. The van der Waals surface area contributed by atoms with Crippen molar-refractivity contribution in [3.63, 3.8) is 0 Å². The van der Waals surface area contributed by atoms with Crippen LogP contribution in [-0.2, 0) is 14.8 Å². The summed E-state index contributed by atoms with van der Waals surface area (Å²) in [5.41, 5.74) is 2.41. The van der Waals surface area contributed by atoms with Crippen molar-refractivity contribution in [1.82, 2.24) is 20.1 Å². The minimum absolute atomic E-state index is 0.186. The Morgan fingerprint density at radius 1 is 1.00 bits per heavy atom. The summed E-state index contributed by atoms with van der Waals surface area (Å²) in [6.07, 6.45) is 6.74. The second-order valence-corrected chi connectivity index (χ2v) is 14.6. The van der Waals surface area contributed by atoms with Crippen molar-refractivity contribution in [1.29, 1.82) is 0 Å². The number of aromatic nitrogens is 3. The molecule has 0 radical (unpaired) electrons. The highest BCUT2D eigenvalue weighted by Crippen LogP contribution is 2.39. The minimum Gasteiger partial charge on any atom is -0.416 e. The predicted octanol–water partition coefficient (Wildman–Crippen LogP) is 4.00. The van der Waals surface area contributed by atoms with Crippen LogP contribution in [0.15, 0.2) is 40.9 Å². The van der Waals surface area contributed by atoms with Gasteiger partial charge in [-0.3, -0.25) is 9.52 Å². The zero-order valence-electron chi connectivity index (χ0n) is 24.1. The van der Waals surface area contributed by atoms with Gasteiger partial charge in [-0.05, 0) is 81.7 Å². The van der Waals surface area contributed by atoms with E-state index < -0.39 is 15.4 Å². The van der Waals surface area contributed by atoms with Crippen molar-refractivity contribution >= 4 is 33.1 Å². The number of nitrogens with one attached hydrogen (secondary N) is 1. The van der Waals surface area contributed by atoms with E-state index in [1.165, 1.54) is 0 Å². The molecule has 8 bridgehead atoms. The summed E-state index contributed by atoms with van der Waals surface area (Å²) in [4.78, 5) is 24.8. The van der Waals surface area contributed by atoms with Gasteiger partial charge in [0.25, 0.3) is 0 Å². The first kappa shape index (κ1) is 27.2. The first-order chi connectivity index (χ1) is 20.2. The molecule has 1 amide bonds. The van der Waals surface area contributed by atoms with Crippen LogP contribution in [0.3, 0.4) is 0 Å². The fraction of sp³-hybridized carbons (Fsp3) is 0.533. The van der Waals surface area contributed by atoms with Crippen molar-refractivity contribution < 1.29 is 17.6 Å². The maximum Gasteiger partial charge on any atom is 0.250 e. The molecule has 1 N–H and O–H groups in total. The molecule has 42 heavy (non-hydrogen) atoms. The molecule has 8 rings (SSSR count). The number of sulfonamides is 1. The first-order valence-electron chi connectivity index (χ1n) is 14.9. The van der Waals surface area contributed by atoms with E-state index in [0.29, 0.717) is 42.8 Å². The van der Waals surface area contributed by atoms with E-state index in [4.69, 9.17) is 4.42 Å². The smallest absolute Gasteiger partial charge is 0.250 e. The first-order valence-corrected chi connectivity index (χ1v) is 16.4. The highest BCUT2D eigenvalue weighted by atomic mass is 32.2. The summed E-state index contributed by atoms with van der Waals surface area (Å²) in [6.45, 7) is 5.80. The molecule has 3 aromatic rings. The van der Waals surface area contributed by atoms with Crippen LogP contribution in [-0.4, -0.2) is 79.4 Å². The molecular formula is C30H37N7O4S. The molecule has 1 atom stereocenters. The minimum atomic E-state index is -3.41. The number of rotatable bonds is 3. The Bertz CT molecular complexity index is 1610. The number of amides is 1. The molecule has 4 aliphatic heterocycles. The van der Waals surface area contributed by atoms with Crippen LogP contribution in [0.5, 0.6) is 0 Å². The number of hydrogen-bond acceptors (Lipinski definition) is 9. The van der Waals surface area contributed by atoms with Crippen LogP contribution in [0, 0.1) is 11.3 Å². The lowest BCUT2D eigenvalue weighted by Crippen LogP contribution is -2.52. The molecule has 222 valence electrons. The number of benzene rings is 1. The molecule has 5 aliphatic rings. The number of fused-ring (bicyclic) bond motifs is 4. The van der Waals surface area contributed by atoms with Gasteiger partial charge in [0.15, 0.2) is 0 Å². The van der Waals surface area contributed by atoms with Crippen molar-refractivity contribution in [2.45, 2.75) is 50.7 Å². The molecule has 2 saturated heterocycles. The number of hydrogen-bond donors (Lipinski definition) is 1. The summed E-state index contributed by atoms with van der Waals surface area (Å²) in [7, 11) is -1.47. The monoisotopic (exact) mass is 591 g/mol. The van der Waals surface area contributed by atoms with Crippen molar-refractivity contribution in [2.75, 3.05) is 54.3 Å². The van der Waals surface area contributed by atoms with Crippen LogP contribution in [0.25, 0.3) is 22.9 Å². The van der Waals surface area contributed by atoms with Gasteiger partial charge in [-0.1, -0.05) is 0 Å². The van der Waals surface area contributed by atoms with E-state index in [2.05, 4.69) is 36.6 Å². The Morgan fingerprint density at radius 2 is 1.79 bits per heavy atom. The lowest BCUT2D eigenvalue weighted by atomic mass is 9.80. The third-order valence-electron chi connectivity index (χ3n) is 9.24. The fourth-order valence-electron chi connectivity index (χ4n) is 6.73. The molecule has 3 fully saturated rings. The SMILES string of the molecule is CN1CC2CCN(CC2)c2cc(NS(=O)(=O)C3CC3)ccc2-c2nnc(o2)-c2ccnc(c2)N2CCCC(C)(C2)C1=O. The average molecular weight is 592 g/mol. The zero-order valence-corrected chi connectivity index (χ0v) is 24.9. The average Bonchev–Trinajstić information content (AvgIpc) is 3.75. The normalized spacial score (nSPS) is 24.7. The summed E-state index contributed by atoms with van der Waals surface area (Å²) in [5.74, 6) is 2.12. The molecule has 1 unspecified atom stereocenters. The topological polar surface area (TPSA) is 125 Å². The third kappa shape index (κ3) is 5.10. The standard InChI is InChI=1S/C30H37N7O4S/c1-30-11-3-13-37(19-30)26-16-21(8-12-31-26)27-32-33-28(41-27)24-7-4-22(34-42(39,40)23-5-6-23)17-25(24)36-14-9-20(10-15-36)18-35(2)29(30)38/h4,7-8,12,16-17,20,23,34H,3,5-6,9-11,13-15,18-19H2,1-2H3. The van der Waals surface area contributed by atoms with Crippen LogP contribution >= 0.6 is 0 Å². The Balaban J connectivity index is 1.29. The van der Waals surface area contributed by atoms with Gasteiger partial charge in [-0.2, -0.15) is 0 Å². The van der Waals surface area contributed by atoms with E-state index >= 15 is 0 Å². The van der Waals surface area contributed by atoms with Crippen molar-refractivity contribution in [3.05, 3.63) is 36.5 Å². The quantitative estimate of drug-likeness (QED) is 0.481. The van der Waals surface area contributed by atoms with E-state index in [-0.39, 0.29) is 11.2 Å². The van der Waals surface area contributed by atoms with Crippen molar-refractivity contribution in [3.8, 4) is 22.9 Å². The number of nitrogens with zero attached hydrogens (tertiary/aromatic N) is 6. The molecule has 2 aromatic heterocycles. The number of anilines is 3. The van der Waals surface area contributed by atoms with Crippen LogP contribution < -0.4 is 14.5 Å². The van der Waals surface area contributed by atoms with Gasteiger partial charge in [0.2, 0.25) is 27.7 Å². The van der Waals surface area contributed by atoms with Gasteiger partial charge in [-0.25, -0.2) is 13.4 Å². The molecule has 0 spiro atoms. The Morgan fingerprint density at radius 3 is 2.57 bits per heavy atom. The van der Waals surface area contributed by atoms with E-state index in [9.17, 15) is 13.2 Å². The Kier molecular flexibility index (Phi) is 6.63. The van der Waals surface area contributed by atoms with Gasteiger partial charge in [0.1, 0.15) is 5.82 Å². The summed E-state index contributed by atoms with van der Waals surface area (Å²) in [5, 5.41) is 8.49. The highest BCUT2D eigenvalue weighted by molar-refractivity contribution is 7.93. The lowest BCUT2D eigenvalue weighted by molar-refractivity contribution is -0.141. The van der Waals surface area contributed by atoms with Gasteiger partial charge >= 0.3 is 0 Å². The van der Waals surface area contributed by atoms with Crippen LogP contribution in [0.4, 0.5) is 17.2 Å². The van der Waals surface area contributed by atoms with Gasteiger partial charge < -0.3 is 19.1 Å². The third-order valence-corrected chi connectivity index (χ3v) is 11.1. The number of carbonyl (C=O) groups excluding carboxylic acids is 1. The molecule has 6 heterocycles. The van der Waals surface area contributed by atoms with Gasteiger partial charge in [-0.15, -0.1) is 10.2 Å². The summed E-state index contributed by atoms with van der Waals surface area (Å²) >= 11 is 0. The maximum absolute atomic E-state index is 13.8. The second kappa shape index (κ2) is 10.3. The predicted molar refractivity (Wildman–Crippen MR) is 161 cm³/mol. The number of pyridine rings is 1. The van der Waals surface area contributed by atoms with E-state index in [1.54, 1.807) is 12.3 Å². The molecule has 1 aliphatic carbocycles. The number of carbonyl (C=O) groups is 1.